The summed E-state index contributed by atoms with van der Waals surface area (Å²) in [6, 6.07) is 8.24. The molecule has 2 aromatic rings. The van der Waals surface area contributed by atoms with Crippen LogP contribution in [0.15, 0.2) is 24.3 Å². The Morgan fingerprint density at radius 2 is 2.08 bits per heavy atom. The van der Waals surface area contributed by atoms with Gasteiger partial charge in [-0.2, -0.15) is 0 Å². The van der Waals surface area contributed by atoms with Crippen molar-refractivity contribution in [3.63, 3.8) is 0 Å². The fourth-order valence-electron chi connectivity index (χ4n) is 4.77. The smallest absolute Gasteiger partial charge is 0.244 e. The Labute approximate surface area is 148 Å². The molecule has 0 bridgehead atoms. The van der Waals surface area contributed by atoms with Crippen LogP contribution in [-0.4, -0.2) is 50.5 Å². The number of hydrogen-bond acceptors (Lipinski definition) is 4. The van der Waals surface area contributed by atoms with Crippen molar-refractivity contribution in [3.05, 3.63) is 24.3 Å². The van der Waals surface area contributed by atoms with Crippen molar-refractivity contribution in [1.29, 1.82) is 0 Å². The summed E-state index contributed by atoms with van der Waals surface area (Å²) in [5.74, 6) is 0.179. The van der Waals surface area contributed by atoms with Crippen LogP contribution in [0.1, 0.15) is 45.4 Å². The van der Waals surface area contributed by atoms with Crippen molar-refractivity contribution >= 4 is 16.9 Å². The molecule has 1 atom stereocenters. The van der Waals surface area contributed by atoms with Crippen LogP contribution in [0.5, 0.6) is 0 Å². The zero-order chi connectivity index (χ0) is 17.3. The van der Waals surface area contributed by atoms with E-state index in [1.165, 1.54) is 19.3 Å². The summed E-state index contributed by atoms with van der Waals surface area (Å²) >= 11 is 0. The van der Waals surface area contributed by atoms with Gasteiger partial charge in [-0.05, 0) is 37.9 Å². The Balaban J connectivity index is 1.56. The van der Waals surface area contributed by atoms with E-state index in [1.54, 1.807) is 4.68 Å². The second-order valence-corrected chi connectivity index (χ2v) is 7.48. The Bertz CT molecular complexity index is 749. The molecule has 1 saturated heterocycles. The minimum absolute atomic E-state index is 0.0541. The Morgan fingerprint density at radius 3 is 2.88 bits per heavy atom. The van der Waals surface area contributed by atoms with E-state index in [4.69, 9.17) is 0 Å². The number of amides is 1. The van der Waals surface area contributed by atoms with Gasteiger partial charge in [-0.15, -0.1) is 5.10 Å². The monoisotopic (exact) mass is 341 g/mol. The first-order valence-electron chi connectivity index (χ1n) is 9.54. The third-order valence-electron chi connectivity index (χ3n) is 5.89. The van der Waals surface area contributed by atoms with Gasteiger partial charge in [0.05, 0.1) is 5.52 Å². The fraction of sp³-hybridized carbons (Fsp3) is 0.632. The van der Waals surface area contributed by atoms with Gasteiger partial charge in [0.15, 0.2) is 0 Å². The van der Waals surface area contributed by atoms with Gasteiger partial charge < -0.3 is 10.2 Å². The van der Waals surface area contributed by atoms with Gasteiger partial charge in [-0.25, -0.2) is 4.68 Å². The number of benzene rings is 1. The molecule has 1 amide bonds. The number of likely N-dealkylation sites (N-methyl/N-ethyl adjacent to an activating group) is 1. The van der Waals surface area contributed by atoms with Crippen molar-refractivity contribution < 1.29 is 4.79 Å². The first-order chi connectivity index (χ1) is 12.2. The fourth-order valence-corrected chi connectivity index (χ4v) is 4.77. The SMILES string of the molecule is CCN[C@@H]1CN(C(=O)Cn2nnc3ccccc32)C2(CCCCC2)C1. The number of hydrogen-bond donors (Lipinski definition) is 1. The summed E-state index contributed by atoms with van der Waals surface area (Å²) in [5, 5.41) is 11.9. The summed E-state index contributed by atoms with van der Waals surface area (Å²) < 4.78 is 1.74. The molecule has 1 aromatic heterocycles. The van der Waals surface area contributed by atoms with Crippen LogP contribution in [0, 0.1) is 0 Å². The number of carbonyl (C=O) groups is 1. The molecule has 6 nitrogen and oxygen atoms in total. The Kier molecular flexibility index (Phi) is 4.46. The molecular formula is C19H27N5O. The van der Waals surface area contributed by atoms with Crippen molar-refractivity contribution in [1.82, 2.24) is 25.2 Å². The summed E-state index contributed by atoms with van der Waals surface area (Å²) in [5.41, 5.74) is 1.82. The van der Waals surface area contributed by atoms with E-state index in [9.17, 15) is 4.79 Å². The zero-order valence-electron chi connectivity index (χ0n) is 14.9. The van der Waals surface area contributed by atoms with Crippen LogP contribution in [0.3, 0.4) is 0 Å². The quantitative estimate of drug-likeness (QED) is 0.927. The maximum Gasteiger partial charge on any atom is 0.244 e. The minimum Gasteiger partial charge on any atom is -0.334 e. The zero-order valence-corrected chi connectivity index (χ0v) is 14.9. The number of likely N-dealkylation sites (tertiary alicyclic amines) is 1. The second-order valence-electron chi connectivity index (χ2n) is 7.48. The molecule has 2 heterocycles. The van der Waals surface area contributed by atoms with Crippen LogP contribution in [0.25, 0.3) is 11.0 Å². The summed E-state index contributed by atoms with van der Waals surface area (Å²) in [6.07, 6.45) is 7.12. The molecule has 25 heavy (non-hydrogen) atoms. The highest BCUT2D eigenvalue weighted by Crippen LogP contribution is 2.41. The van der Waals surface area contributed by atoms with Gasteiger partial charge in [0.25, 0.3) is 0 Å². The normalized spacial score (nSPS) is 22.8. The third-order valence-corrected chi connectivity index (χ3v) is 5.89. The summed E-state index contributed by atoms with van der Waals surface area (Å²) in [7, 11) is 0. The lowest BCUT2D eigenvalue weighted by molar-refractivity contribution is -0.137. The largest absolute Gasteiger partial charge is 0.334 e. The molecular weight excluding hydrogens is 314 g/mol. The number of carbonyl (C=O) groups excluding carboxylic acids is 1. The maximum atomic E-state index is 13.2. The lowest BCUT2D eigenvalue weighted by atomic mass is 9.79. The Morgan fingerprint density at radius 1 is 1.28 bits per heavy atom. The average molecular weight is 341 g/mol. The maximum absolute atomic E-state index is 13.2. The van der Waals surface area contributed by atoms with Crippen molar-refractivity contribution in [2.24, 2.45) is 0 Å². The predicted octanol–water partition coefficient (Wildman–Crippen LogP) is 2.34. The molecule has 0 unspecified atom stereocenters. The third kappa shape index (κ3) is 3.03. The van der Waals surface area contributed by atoms with E-state index in [1.807, 2.05) is 24.3 Å². The first-order valence-corrected chi connectivity index (χ1v) is 9.54. The van der Waals surface area contributed by atoms with Gasteiger partial charge in [0.1, 0.15) is 12.1 Å². The minimum atomic E-state index is 0.0541. The molecule has 1 spiro atoms. The van der Waals surface area contributed by atoms with Crippen molar-refractivity contribution in [2.45, 2.75) is 63.6 Å². The summed E-state index contributed by atoms with van der Waals surface area (Å²) in [6.45, 7) is 4.19. The molecule has 0 radical (unpaired) electrons. The average Bonchev–Trinajstić information content (AvgIpc) is 3.18. The standard InChI is InChI=1S/C19H27N5O/c1-2-20-15-12-19(10-6-3-7-11-19)23(13-15)18(25)14-24-17-9-5-4-8-16(17)21-22-24/h4-5,8-9,15,20H,2-3,6-7,10-14H2,1H3/t15-/m0/s1. The number of para-hydroxylation sites is 1. The van der Waals surface area contributed by atoms with E-state index in [0.29, 0.717) is 6.04 Å². The van der Waals surface area contributed by atoms with Crippen LogP contribution < -0.4 is 5.32 Å². The summed E-state index contributed by atoms with van der Waals surface area (Å²) in [4.78, 5) is 15.4. The molecule has 4 rings (SSSR count). The first kappa shape index (κ1) is 16.5. The van der Waals surface area contributed by atoms with Gasteiger partial charge in [0, 0.05) is 18.1 Å². The van der Waals surface area contributed by atoms with Crippen LogP contribution in [0.2, 0.25) is 0 Å². The van der Waals surface area contributed by atoms with Crippen LogP contribution >= 0.6 is 0 Å². The van der Waals surface area contributed by atoms with Crippen LogP contribution in [0.4, 0.5) is 0 Å². The number of rotatable bonds is 4. The predicted molar refractivity (Wildman–Crippen MR) is 97.1 cm³/mol. The number of nitrogens with zero attached hydrogens (tertiary/aromatic N) is 4. The van der Waals surface area contributed by atoms with Gasteiger partial charge in [-0.1, -0.05) is 43.5 Å². The van der Waals surface area contributed by atoms with Gasteiger partial charge in [-0.3, -0.25) is 4.79 Å². The number of aromatic nitrogens is 3. The lowest BCUT2D eigenvalue weighted by Gasteiger charge is -2.41. The molecule has 1 N–H and O–H groups in total. The number of nitrogens with one attached hydrogen (secondary N) is 1. The molecule has 1 aromatic carbocycles. The van der Waals surface area contributed by atoms with E-state index in [-0.39, 0.29) is 18.0 Å². The van der Waals surface area contributed by atoms with Crippen molar-refractivity contribution in [2.75, 3.05) is 13.1 Å². The molecule has 6 heteroatoms. The Hall–Kier alpha value is -1.95. The van der Waals surface area contributed by atoms with Gasteiger partial charge >= 0.3 is 0 Å². The highest BCUT2D eigenvalue weighted by atomic mass is 16.2. The molecule has 134 valence electrons. The highest BCUT2D eigenvalue weighted by Gasteiger charge is 2.47. The van der Waals surface area contributed by atoms with Crippen molar-refractivity contribution in [3.8, 4) is 0 Å². The topological polar surface area (TPSA) is 63.1 Å². The molecule has 2 aliphatic rings. The van der Waals surface area contributed by atoms with E-state index in [2.05, 4.69) is 27.5 Å². The second kappa shape index (κ2) is 6.75. The van der Waals surface area contributed by atoms with E-state index >= 15 is 0 Å². The molecule has 1 saturated carbocycles. The highest BCUT2D eigenvalue weighted by molar-refractivity contribution is 5.80. The lowest BCUT2D eigenvalue weighted by Crippen LogP contribution is -2.49. The molecule has 1 aliphatic heterocycles. The molecule has 2 fully saturated rings. The van der Waals surface area contributed by atoms with Crippen LogP contribution in [-0.2, 0) is 11.3 Å². The molecule has 1 aliphatic carbocycles. The van der Waals surface area contributed by atoms with E-state index in [0.717, 1.165) is 43.4 Å². The van der Waals surface area contributed by atoms with Gasteiger partial charge in [0.2, 0.25) is 5.91 Å². The van der Waals surface area contributed by atoms with E-state index < -0.39 is 0 Å². The number of fused-ring (bicyclic) bond motifs is 1.